The second-order valence-corrected chi connectivity index (χ2v) is 30.1. The largest absolute Gasteiger partial charge is 0.503 e. The van der Waals surface area contributed by atoms with E-state index in [4.69, 9.17) is 5.14 Å². The molecule has 12 rings (SSSR count). The zero-order valence-corrected chi connectivity index (χ0v) is 54.7. The van der Waals surface area contributed by atoms with Gasteiger partial charge < -0.3 is 31.3 Å². The van der Waals surface area contributed by atoms with Crippen LogP contribution in [0.2, 0.25) is 0 Å². The number of nitrogens with zero attached hydrogens (tertiary/aromatic N) is 10. The number of carbonyl (C=O) groups is 1. The van der Waals surface area contributed by atoms with Crippen LogP contribution in [0.15, 0.2) is 124 Å². The van der Waals surface area contributed by atoms with Crippen molar-refractivity contribution in [2.45, 2.75) is 119 Å². The Bertz CT molecular complexity index is 4480. The van der Waals surface area contributed by atoms with Crippen LogP contribution < -0.4 is 21.1 Å². The highest BCUT2D eigenvalue weighted by Gasteiger charge is 2.31. The maximum Gasteiger partial charge on any atom is 0.245 e. The predicted octanol–water partition coefficient (Wildman–Crippen LogP) is 10.8. The average molecular weight is 1340 g/mol. The number of H-pyrrole nitrogens is 2. The van der Waals surface area contributed by atoms with E-state index in [0.29, 0.717) is 57.7 Å². The lowest BCUT2D eigenvalue weighted by Crippen LogP contribution is -2.20. The number of nitrogens with one attached hydrogen (secondary N) is 5. The first-order chi connectivity index (χ1) is 41.9. The second-order valence-electron chi connectivity index (χ2n) is 24.6. The molecule has 3 aliphatic rings. The van der Waals surface area contributed by atoms with Crippen LogP contribution in [-0.2, 0) is 29.7 Å². The van der Waals surface area contributed by atoms with E-state index in [-0.39, 0.29) is 114 Å². The van der Waals surface area contributed by atoms with Crippen molar-refractivity contribution in [3.63, 3.8) is 0 Å². The standard InChI is InChI=1S/C23H27N5O4S.C21H25N5O3S.C16H16N6O3S.2ClH/c1-14(29)28-20(11-18(27-28)15-8-9-15)25-22-19(30)12-24-21(26-22)16-6-5-7-17(10-16)33(31,32)13-23(2,3)4;1-21(2,3)12-30(28,29)15-6-4-5-14(9-15)19-22-11-17(27)20(24-19)23-18-10-16(25-26-18)13-7-8-13;17-26(24,25)11-3-1-2-10(6-11)15-18-8-13(23)16(20-15)19-14-7-12(21-22-14)9-4-5-9;;/h5-7,10-12,15,30H,8-9,13H2,1-4H3,(H,24,25,26);4-6,9-11,13,27H,7-8,12H2,1-3H3,(H2,22,23,24,25,26);1-3,6-9,23H,4-5H2,(H2,17,24,25)(H2,18,19,20,21,22);2*1H. The third kappa shape index (κ3) is 17.9. The molecule has 10 N–H and O–H groups in total. The smallest absolute Gasteiger partial charge is 0.245 e. The monoisotopic (exact) mass is 1340 g/mol. The summed E-state index contributed by atoms with van der Waals surface area (Å²) in [6.07, 6.45) is 10.4. The summed E-state index contributed by atoms with van der Waals surface area (Å²) in [6.45, 7) is 12.7. The van der Waals surface area contributed by atoms with Gasteiger partial charge in [-0.05, 0) is 85.8 Å². The number of carbonyl (C=O) groups excluding carboxylic acids is 1. The summed E-state index contributed by atoms with van der Waals surface area (Å²) in [5, 5.41) is 63.2. The van der Waals surface area contributed by atoms with Crippen LogP contribution in [0.1, 0.15) is 127 Å². The lowest BCUT2D eigenvalue weighted by molar-refractivity contribution is 0.0923. The Balaban J connectivity index is 0.000000175. The Labute approximate surface area is 538 Å². The molecule has 6 heterocycles. The number of aromatic hydroxyl groups is 3. The average Bonchev–Trinajstić information content (AvgIpc) is 1.77. The highest BCUT2D eigenvalue weighted by atomic mass is 35.5. The molecular weight excluding hydrogens is 1270 g/mol. The minimum atomic E-state index is -3.83. The molecule has 0 aliphatic heterocycles. The lowest BCUT2D eigenvalue weighted by atomic mass is 10.0. The van der Waals surface area contributed by atoms with E-state index in [2.05, 4.69) is 71.3 Å². The van der Waals surface area contributed by atoms with Gasteiger partial charge in [-0.2, -0.15) is 20.0 Å². The fraction of sp³-hybridized carbons (Fsp3) is 0.333. The molecule has 0 unspecified atom stereocenters. The molecule has 6 aromatic heterocycles. The molecule has 0 radical (unpaired) electrons. The van der Waals surface area contributed by atoms with Gasteiger partial charge in [0.2, 0.25) is 15.9 Å². The number of halogens is 2. The fourth-order valence-corrected chi connectivity index (χ4v) is 13.6. The minimum absolute atomic E-state index is 0. The third-order valence-corrected chi connectivity index (χ3v) is 19.2. The molecular formula is C60H70Cl2N16O10S3. The quantitative estimate of drug-likeness (QED) is 0.0409. The summed E-state index contributed by atoms with van der Waals surface area (Å²) in [6, 6.07) is 24.5. The summed E-state index contributed by atoms with van der Waals surface area (Å²) in [5.74, 6) is 3.43. The molecule has 3 aliphatic carbocycles. The number of nitrogens with two attached hydrogens (primary N) is 1. The van der Waals surface area contributed by atoms with Crippen LogP contribution in [0.3, 0.4) is 0 Å². The minimum Gasteiger partial charge on any atom is -0.503 e. The molecule has 91 heavy (non-hydrogen) atoms. The van der Waals surface area contributed by atoms with Gasteiger partial charge in [-0.3, -0.25) is 15.0 Å². The SMILES string of the molecule is CC(=O)n1nc(C2CC2)cc1Nc1nc(-c2cccc(S(=O)(=O)CC(C)(C)C)c2)ncc1O.CC(C)(C)CS(=O)(=O)c1cccc(-c2ncc(O)c(Nc3cc(C4CC4)[nH]n3)n2)c1.Cl.Cl.NS(=O)(=O)c1cccc(-c2ncc(O)c(Nc3cc(C4CC4)[nH]n3)n2)c1. The number of hydrogen-bond donors (Lipinski definition) is 9. The second kappa shape index (κ2) is 27.1. The number of benzene rings is 3. The molecule has 0 saturated heterocycles. The number of primary sulfonamides is 1. The van der Waals surface area contributed by atoms with Crippen molar-refractivity contribution >= 4 is 95.3 Å². The van der Waals surface area contributed by atoms with E-state index in [0.717, 1.165) is 55.6 Å². The maximum atomic E-state index is 12.8. The van der Waals surface area contributed by atoms with Gasteiger partial charge in [0, 0.05) is 71.0 Å². The van der Waals surface area contributed by atoms with Gasteiger partial charge in [-0.1, -0.05) is 77.9 Å². The van der Waals surface area contributed by atoms with Gasteiger partial charge in [0.25, 0.3) is 0 Å². The van der Waals surface area contributed by atoms with Crippen LogP contribution >= 0.6 is 24.8 Å². The summed E-state index contributed by atoms with van der Waals surface area (Å²) >= 11 is 0. The van der Waals surface area contributed by atoms with Crippen molar-refractivity contribution in [1.29, 1.82) is 0 Å². The van der Waals surface area contributed by atoms with E-state index < -0.39 is 29.7 Å². The molecule has 9 aromatic rings. The highest BCUT2D eigenvalue weighted by molar-refractivity contribution is 7.91. The number of aromatic amines is 2. The molecule has 3 aromatic carbocycles. The van der Waals surface area contributed by atoms with E-state index in [1.165, 1.54) is 48.4 Å². The van der Waals surface area contributed by atoms with Crippen LogP contribution in [0.4, 0.5) is 34.9 Å². The van der Waals surface area contributed by atoms with Crippen molar-refractivity contribution < 1.29 is 45.4 Å². The zero-order valence-electron chi connectivity index (χ0n) is 50.6. The van der Waals surface area contributed by atoms with Crippen LogP contribution in [0.25, 0.3) is 34.2 Å². The first kappa shape index (κ1) is 68.3. The Morgan fingerprint density at radius 1 is 0.549 bits per heavy atom. The first-order valence-corrected chi connectivity index (χ1v) is 33.3. The molecule has 0 spiro atoms. The number of anilines is 6. The molecule has 0 atom stereocenters. The number of hydrogen-bond acceptors (Lipinski definition) is 22. The van der Waals surface area contributed by atoms with Gasteiger partial charge in [-0.15, -0.1) is 24.8 Å². The van der Waals surface area contributed by atoms with Crippen molar-refractivity contribution in [3.05, 3.63) is 127 Å². The number of sulfonamides is 1. The first-order valence-electron chi connectivity index (χ1n) is 28.4. The topological polar surface area (TPSA) is 395 Å². The van der Waals surface area contributed by atoms with Gasteiger partial charge in [-0.25, -0.2) is 60.3 Å². The Morgan fingerprint density at radius 2 is 0.912 bits per heavy atom. The van der Waals surface area contributed by atoms with Crippen molar-refractivity contribution in [1.82, 2.24) is 60.1 Å². The maximum absolute atomic E-state index is 12.8. The molecule has 31 heteroatoms. The fourth-order valence-electron chi connectivity index (χ4n) is 9.28. The van der Waals surface area contributed by atoms with Crippen LogP contribution in [-0.4, -0.2) is 118 Å². The van der Waals surface area contributed by atoms with Crippen LogP contribution in [0.5, 0.6) is 17.2 Å². The van der Waals surface area contributed by atoms with E-state index in [9.17, 15) is 45.4 Å². The van der Waals surface area contributed by atoms with Crippen molar-refractivity contribution in [3.8, 4) is 51.4 Å². The van der Waals surface area contributed by atoms with E-state index in [1.807, 2.05) is 53.7 Å². The molecule has 482 valence electrons. The molecule has 0 bridgehead atoms. The Hall–Kier alpha value is -8.61. The van der Waals surface area contributed by atoms with Crippen molar-refractivity contribution in [2.24, 2.45) is 16.0 Å². The van der Waals surface area contributed by atoms with Gasteiger partial charge in [0.15, 0.2) is 83.5 Å². The summed E-state index contributed by atoms with van der Waals surface area (Å²) < 4.78 is 75.4. The number of sulfone groups is 2. The summed E-state index contributed by atoms with van der Waals surface area (Å²) in [5.41, 5.74) is 3.67. The summed E-state index contributed by atoms with van der Waals surface area (Å²) in [7, 11) is -10.8. The molecule has 3 saturated carbocycles. The van der Waals surface area contributed by atoms with Crippen LogP contribution in [0, 0.1) is 10.8 Å². The number of rotatable bonds is 17. The number of aromatic nitrogens is 12. The normalized spacial score (nSPS) is 14.1. The molecule has 3 fully saturated rings. The van der Waals surface area contributed by atoms with Crippen molar-refractivity contribution in [2.75, 3.05) is 27.5 Å². The van der Waals surface area contributed by atoms with E-state index >= 15 is 0 Å². The van der Waals surface area contributed by atoms with Gasteiger partial charge >= 0.3 is 0 Å². The summed E-state index contributed by atoms with van der Waals surface area (Å²) in [4.78, 5) is 37.8. The lowest BCUT2D eigenvalue weighted by Gasteiger charge is -2.18. The van der Waals surface area contributed by atoms with Gasteiger partial charge in [0.1, 0.15) is 5.82 Å². The zero-order chi connectivity index (χ0) is 63.8. The Morgan fingerprint density at radius 3 is 1.26 bits per heavy atom. The predicted molar refractivity (Wildman–Crippen MR) is 348 cm³/mol. The highest BCUT2D eigenvalue weighted by Crippen LogP contribution is 2.43. The third-order valence-electron chi connectivity index (χ3n) is 13.9. The molecule has 26 nitrogen and oxygen atoms in total. The van der Waals surface area contributed by atoms with E-state index in [1.54, 1.807) is 60.7 Å². The Kier molecular flexibility index (Phi) is 20.3. The molecule has 0 amide bonds. The van der Waals surface area contributed by atoms with Gasteiger partial charge in [0.05, 0.1) is 50.5 Å².